The molecule has 0 bridgehead atoms. The maximum Gasteiger partial charge on any atom is 0.266 e. The van der Waals surface area contributed by atoms with Gasteiger partial charge in [-0.1, -0.05) is 30.3 Å². The van der Waals surface area contributed by atoms with Gasteiger partial charge in [0, 0.05) is 6.92 Å². The Hall–Kier alpha value is -1.84. The number of carbonyl (C=O) groups excluding carboxylic acids is 2. The van der Waals surface area contributed by atoms with Crippen LogP contribution in [0.3, 0.4) is 0 Å². The highest BCUT2D eigenvalue weighted by molar-refractivity contribution is 5.99. The molecule has 0 unspecified atom stereocenters. The van der Waals surface area contributed by atoms with E-state index in [4.69, 9.17) is 5.11 Å². The van der Waals surface area contributed by atoms with Gasteiger partial charge in [-0.15, -0.1) is 0 Å². The predicted molar refractivity (Wildman–Crippen MR) is 74.3 cm³/mol. The fourth-order valence-corrected chi connectivity index (χ4v) is 1.95. The number of hydrogen-bond acceptors (Lipinski definition) is 7. The van der Waals surface area contributed by atoms with Crippen LogP contribution in [-0.4, -0.2) is 62.3 Å². The van der Waals surface area contributed by atoms with Crippen LogP contribution in [-0.2, 0) is 15.2 Å². The Morgan fingerprint density at radius 3 is 2.18 bits per heavy atom. The van der Waals surface area contributed by atoms with Crippen LogP contribution in [0, 0.1) is 0 Å². The molecule has 122 valence electrons. The maximum atomic E-state index is 12.1. The van der Waals surface area contributed by atoms with Crippen LogP contribution in [0.1, 0.15) is 12.5 Å². The lowest BCUT2D eigenvalue weighted by atomic mass is 9.83. The molecule has 1 rings (SSSR count). The topological polar surface area (TPSA) is 147 Å². The third-order valence-corrected chi connectivity index (χ3v) is 3.18. The van der Waals surface area contributed by atoms with Crippen LogP contribution in [0.25, 0.3) is 0 Å². The van der Waals surface area contributed by atoms with Gasteiger partial charge in [0.1, 0.15) is 18.3 Å². The van der Waals surface area contributed by atoms with E-state index in [0.29, 0.717) is 0 Å². The molecule has 0 heterocycles. The molecule has 0 fully saturated rings. The first-order valence-electron chi connectivity index (χ1n) is 6.50. The largest absolute Gasteiger partial charge is 0.394 e. The van der Waals surface area contributed by atoms with Crippen LogP contribution in [0.5, 0.6) is 0 Å². The van der Waals surface area contributed by atoms with Crippen LogP contribution in [0.15, 0.2) is 30.3 Å². The average Bonchev–Trinajstić information content (AvgIpc) is 2.51. The summed E-state index contributed by atoms with van der Waals surface area (Å²) in [6.07, 6.45) is -5.99. The molecule has 0 aliphatic carbocycles. The quantitative estimate of drug-likeness (QED) is 0.343. The van der Waals surface area contributed by atoms with Crippen molar-refractivity contribution in [1.29, 1.82) is 0 Å². The molecular weight excluding hydrogens is 294 g/mol. The first-order chi connectivity index (χ1) is 10.2. The van der Waals surface area contributed by atoms with Gasteiger partial charge < -0.3 is 25.5 Å². The number of rotatable bonds is 6. The second-order valence-corrected chi connectivity index (χ2v) is 4.83. The molecule has 0 aliphatic heterocycles. The van der Waals surface area contributed by atoms with Crippen molar-refractivity contribution in [3.63, 3.8) is 0 Å². The van der Waals surface area contributed by atoms with Gasteiger partial charge in [0.25, 0.3) is 5.91 Å². The summed E-state index contributed by atoms with van der Waals surface area (Å²) in [7, 11) is 0. The molecule has 4 atom stereocenters. The third-order valence-electron chi connectivity index (χ3n) is 3.18. The molecule has 1 aromatic carbocycles. The number of amides is 2. The monoisotopic (exact) mass is 313 g/mol. The number of hydrogen-bond donors (Lipinski definition) is 6. The molecule has 2 amide bonds. The van der Waals surface area contributed by atoms with Crippen LogP contribution >= 0.6 is 0 Å². The minimum absolute atomic E-state index is 0.0922. The summed E-state index contributed by atoms with van der Waals surface area (Å²) in [4.78, 5) is 23.2. The lowest BCUT2D eigenvalue weighted by molar-refractivity contribution is -0.180. The highest BCUT2D eigenvalue weighted by Crippen LogP contribution is 2.28. The van der Waals surface area contributed by atoms with Crippen LogP contribution < -0.4 is 5.32 Å². The predicted octanol–water partition coefficient (Wildman–Crippen LogP) is -2.39. The summed E-state index contributed by atoms with van der Waals surface area (Å²) in [5, 5.41) is 50.6. The number of nitrogens with one attached hydrogen (secondary N) is 1. The zero-order valence-electron chi connectivity index (χ0n) is 11.9. The Morgan fingerprint density at radius 2 is 1.73 bits per heavy atom. The standard InChI is InChI=1S/C14H19NO7/c1-8(17)15-13(21)14(22,9-5-3-2-4-6-9)12(20)11(19)10(18)7-16/h2-6,10-12,16,18-20,22H,7H2,1H3,(H,15,17,21)/t10-,11-,12+,14-/m1/s1. The second-order valence-electron chi connectivity index (χ2n) is 4.83. The van der Waals surface area contributed by atoms with Crippen molar-refractivity contribution >= 4 is 11.8 Å². The first-order valence-corrected chi connectivity index (χ1v) is 6.50. The van der Waals surface area contributed by atoms with Crippen molar-refractivity contribution in [3.8, 4) is 0 Å². The number of carbonyl (C=O) groups is 2. The number of imide groups is 1. The molecular formula is C14H19NO7. The third kappa shape index (κ3) is 3.67. The molecule has 8 heteroatoms. The summed E-state index contributed by atoms with van der Waals surface area (Å²) in [6, 6.07) is 7.16. The van der Waals surface area contributed by atoms with Gasteiger partial charge in [0.05, 0.1) is 6.61 Å². The van der Waals surface area contributed by atoms with Gasteiger partial charge in [0.15, 0.2) is 5.60 Å². The molecule has 0 saturated carbocycles. The molecule has 0 spiro atoms. The smallest absolute Gasteiger partial charge is 0.266 e. The summed E-state index contributed by atoms with van der Waals surface area (Å²) in [5.74, 6) is -2.04. The SMILES string of the molecule is CC(=O)NC(=O)[C@@](O)(c1ccccc1)[C@@H](O)[C@H](O)[C@H](O)CO. The molecule has 0 saturated heterocycles. The van der Waals surface area contributed by atoms with E-state index in [1.807, 2.05) is 5.32 Å². The van der Waals surface area contributed by atoms with Crippen LogP contribution in [0.4, 0.5) is 0 Å². The minimum Gasteiger partial charge on any atom is -0.394 e. The highest BCUT2D eigenvalue weighted by atomic mass is 16.4. The van der Waals surface area contributed by atoms with E-state index in [-0.39, 0.29) is 5.56 Å². The van der Waals surface area contributed by atoms with Gasteiger partial charge in [-0.25, -0.2) is 0 Å². The van der Waals surface area contributed by atoms with Crippen molar-refractivity contribution in [2.75, 3.05) is 6.61 Å². The lowest BCUT2D eigenvalue weighted by Crippen LogP contribution is -2.59. The van der Waals surface area contributed by atoms with Crippen molar-refractivity contribution in [1.82, 2.24) is 5.32 Å². The Labute approximate surface area is 126 Å². The molecule has 22 heavy (non-hydrogen) atoms. The van der Waals surface area contributed by atoms with Gasteiger partial charge in [0.2, 0.25) is 5.91 Å². The van der Waals surface area contributed by atoms with Crippen molar-refractivity contribution in [3.05, 3.63) is 35.9 Å². The van der Waals surface area contributed by atoms with E-state index in [9.17, 15) is 30.0 Å². The molecule has 6 N–H and O–H groups in total. The fraction of sp³-hybridized carbons (Fsp3) is 0.429. The average molecular weight is 313 g/mol. The van der Waals surface area contributed by atoms with Gasteiger partial charge in [-0.05, 0) is 5.56 Å². The number of aliphatic hydroxyl groups is 5. The Morgan fingerprint density at radius 1 is 1.18 bits per heavy atom. The van der Waals surface area contributed by atoms with Gasteiger partial charge in [-0.2, -0.15) is 0 Å². The lowest BCUT2D eigenvalue weighted by Gasteiger charge is -2.35. The van der Waals surface area contributed by atoms with E-state index in [2.05, 4.69) is 0 Å². The molecule has 1 aromatic rings. The van der Waals surface area contributed by atoms with E-state index < -0.39 is 42.3 Å². The second kappa shape index (κ2) is 7.43. The molecule has 0 aromatic heterocycles. The van der Waals surface area contributed by atoms with Crippen molar-refractivity contribution < 1.29 is 35.1 Å². The van der Waals surface area contributed by atoms with Gasteiger partial charge >= 0.3 is 0 Å². The first kappa shape index (κ1) is 18.2. The number of aliphatic hydroxyl groups excluding tert-OH is 4. The van der Waals surface area contributed by atoms with E-state index in [0.717, 1.165) is 6.92 Å². The van der Waals surface area contributed by atoms with E-state index in [1.54, 1.807) is 6.07 Å². The summed E-state index contributed by atoms with van der Waals surface area (Å²) < 4.78 is 0. The summed E-state index contributed by atoms with van der Waals surface area (Å²) in [6.45, 7) is 0.145. The van der Waals surface area contributed by atoms with Gasteiger partial charge in [-0.3, -0.25) is 14.9 Å². The highest BCUT2D eigenvalue weighted by Gasteiger charge is 2.49. The molecule has 0 aliphatic rings. The Kier molecular flexibility index (Phi) is 6.15. The summed E-state index contributed by atoms with van der Waals surface area (Å²) >= 11 is 0. The maximum absolute atomic E-state index is 12.1. The Bertz CT molecular complexity index is 521. The normalized spacial score (nSPS) is 17.9. The van der Waals surface area contributed by atoms with E-state index >= 15 is 0 Å². The zero-order chi connectivity index (χ0) is 16.9. The van der Waals surface area contributed by atoms with Crippen LogP contribution in [0.2, 0.25) is 0 Å². The fourth-order valence-electron chi connectivity index (χ4n) is 1.95. The van der Waals surface area contributed by atoms with Crippen molar-refractivity contribution in [2.45, 2.75) is 30.8 Å². The van der Waals surface area contributed by atoms with Crippen molar-refractivity contribution in [2.24, 2.45) is 0 Å². The Balaban J connectivity index is 3.28. The molecule has 8 nitrogen and oxygen atoms in total. The molecule has 0 radical (unpaired) electrons. The summed E-state index contributed by atoms with van der Waals surface area (Å²) in [5.41, 5.74) is -2.78. The minimum atomic E-state index is -2.69. The van der Waals surface area contributed by atoms with E-state index in [1.165, 1.54) is 24.3 Å². The number of benzene rings is 1. The zero-order valence-corrected chi connectivity index (χ0v) is 11.9.